The van der Waals surface area contributed by atoms with Crippen LogP contribution in [0.25, 0.3) is 0 Å². The first-order valence-corrected chi connectivity index (χ1v) is 6.98. The lowest BCUT2D eigenvalue weighted by Crippen LogP contribution is -2.48. The van der Waals surface area contributed by atoms with Crippen molar-refractivity contribution in [2.24, 2.45) is 0 Å². The van der Waals surface area contributed by atoms with Gasteiger partial charge in [-0.2, -0.15) is 0 Å². The Morgan fingerprint density at radius 2 is 2.25 bits per heavy atom. The van der Waals surface area contributed by atoms with Gasteiger partial charge in [-0.3, -0.25) is 4.79 Å². The normalized spacial score (nSPS) is 39.8. The topological polar surface area (TPSA) is 74.2 Å². The lowest BCUT2D eigenvalue weighted by molar-refractivity contribution is -0.195. The van der Waals surface area contributed by atoms with E-state index in [9.17, 15) is 9.90 Å². The number of carbonyl (C=O) groups excluding carboxylic acids is 1. The molecular weight excluding hydrogens is 264 g/mol. The molecule has 1 aliphatic carbocycles. The van der Waals surface area contributed by atoms with Crippen LogP contribution in [0.4, 0.5) is 0 Å². The zero-order chi connectivity index (χ0) is 14.3. The van der Waals surface area contributed by atoms with Crippen molar-refractivity contribution >= 4 is 5.78 Å². The molecule has 20 heavy (non-hydrogen) atoms. The Hall–Kier alpha value is -0.790. The van der Waals surface area contributed by atoms with Crippen LogP contribution in [0.3, 0.4) is 0 Å². The van der Waals surface area contributed by atoms with E-state index in [0.717, 1.165) is 12.8 Å². The van der Waals surface area contributed by atoms with E-state index in [0.29, 0.717) is 12.2 Å². The largest absolute Gasteiger partial charge is 0.392 e. The van der Waals surface area contributed by atoms with Gasteiger partial charge in [0.15, 0.2) is 24.0 Å². The molecule has 3 aliphatic rings. The molecule has 1 unspecified atom stereocenters. The number of hydrogen-bond acceptors (Lipinski definition) is 6. The molecule has 2 aliphatic heterocycles. The second kappa shape index (κ2) is 5.20. The number of fused-ring (bicyclic) bond motifs is 1. The summed E-state index contributed by atoms with van der Waals surface area (Å²) in [5.41, 5.74) is 0.315. The summed E-state index contributed by atoms with van der Waals surface area (Å²) in [6, 6.07) is 0. The van der Waals surface area contributed by atoms with Crippen molar-refractivity contribution in [2.75, 3.05) is 13.2 Å². The fraction of sp³-hybridized carbons (Fsp3) is 0.786. The van der Waals surface area contributed by atoms with E-state index in [2.05, 4.69) is 0 Å². The van der Waals surface area contributed by atoms with Crippen LogP contribution in [-0.4, -0.2) is 54.5 Å². The van der Waals surface area contributed by atoms with Crippen LogP contribution in [0.15, 0.2) is 11.6 Å². The Morgan fingerprint density at radius 3 is 2.90 bits per heavy atom. The molecule has 2 fully saturated rings. The van der Waals surface area contributed by atoms with E-state index in [1.165, 1.54) is 0 Å². The van der Waals surface area contributed by atoms with Gasteiger partial charge in [0.05, 0.1) is 6.61 Å². The zero-order valence-electron chi connectivity index (χ0n) is 11.7. The molecule has 4 atom stereocenters. The number of ketones is 1. The SMILES string of the molecule is CC1(C)O[C@H]2[C@H](C=C(CO)C(=O)[C@H]2OC2CCCO2)O1. The van der Waals surface area contributed by atoms with Crippen LogP contribution in [0.2, 0.25) is 0 Å². The Balaban J connectivity index is 1.82. The summed E-state index contributed by atoms with van der Waals surface area (Å²) >= 11 is 0. The minimum Gasteiger partial charge on any atom is -0.392 e. The minimum absolute atomic E-state index is 0.245. The lowest BCUT2D eigenvalue weighted by Gasteiger charge is -2.30. The molecule has 1 N–H and O–H groups in total. The molecule has 0 aromatic heterocycles. The molecule has 0 saturated carbocycles. The second-order valence-electron chi connectivity index (χ2n) is 5.78. The highest BCUT2D eigenvalue weighted by atomic mass is 16.8. The molecule has 3 rings (SSSR count). The molecule has 0 spiro atoms. The zero-order valence-corrected chi connectivity index (χ0v) is 11.7. The molecular formula is C14H20O6. The van der Waals surface area contributed by atoms with E-state index >= 15 is 0 Å². The van der Waals surface area contributed by atoms with Crippen LogP contribution < -0.4 is 0 Å². The van der Waals surface area contributed by atoms with E-state index in [1.807, 2.05) is 0 Å². The number of ether oxygens (including phenoxy) is 4. The molecule has 112 valence electrons. The van der Waals surface area contributed by atoms with Crippen molar-refractivity contribution in [3.8, 4) is 0 Å². The average molecular weight is 284 g/mol. The third kappa shape index (κ3) is 2.54. The predicted molar refractivity (Wildman–Crippen MR) is 67.8 cm³/mol. The molecule has 6 heteroatoms. The van der Waals surface area contributed by atoms with Gasteiger partial charge in [-0.1, -0.05) is 0 Å². The Kier molecular flexibility index (Phi) is 3.68. The molecule has 0 aromatic carbocycles. The highest BCUT2D eigenvalue weighted by Crippen LogP contribution is 2.36. The molecule has 2 saturated heterocycles. The Morgan fingerprint density at radius 1 is 1.45 bits per heavy atom. The first kappa shape index (κ1) is 14.2. The van der Waals surface area contributed by atoms with Gasteiger partial charge >= 0.3 is 0 Å². The highest BCUT2D eigenvalue weighted by Gasteiger charge is 2.51. The van der Waals surface area contributed by atoms with Crippen LogP contribution in [0, 0.1) is 0 Å². The number of rotatable bonds is 3. The maximum Gasteiger partial charge on any atom is 0.192 e. The number of Topliss-reactive ketones (excluding diaryl/α,β-unsaturated/α-hetero) is 1. The summed E-state index contributed by atoms with van der Waals surface area (Å²) in [5, 5.41) is 9.32. The fourth-order valence-corrected chi connectivity index (χ4v) is 2.88. The molecule has 6 nitrogen and oxygen atoms in total. The van der Waals surface area contributed by atoms with Crippen LogP contribution in [-0.2, 0) is 23.7 Å². The third-order valence-corrected chi connectivity index (χ3v) is 3.76. The smallest absolute Gasteiger partial charge is 0.192 e. The number of carbonyl (C=O) groups is 1. The van der Waals surface area contributed by atoms with Gasteiger partial charge in [0.1, 0.15) is 12.2 Å². The predicted octanol–water partition coefficient (Wildman–Crippen LogP) is 0.530. The van der Waals surface area contributed by atoms with Gasteiger partial charge in [0, 0.05) is 18.6 Å². The Labute approximate surface area is 117 Å². The van der Waals surface area contributed by atoms with Crippen molar-refractivity contribution in [1.82, 2.24) is 0 Å². The van der Waals surface area contributed by atoms with Crippen molar-refractivity contribution < 1.29 is 28.8 Å². The van der Waals surface area contributed by atoms with Crippen molar-refractivity contribution in [1.29, 1.82) is 0 Å². The summed E-state index contributed by atoms with van der Waals surface area (Å²) in [7, 11) is 0. The van der Waals surface area contributed by atoms with Gasteiger partial charge < -0.3 is 24.1 Å². The maximum absolute atomic E-state index is 12.4. The van der Waals surface area contributed by atoms with Gasteiger partial charge in [0.2, 0.25) is 0 Å². The summed E-state index contributed by atoms with van der Waals surface area (Å²) in [4.78, 5) is 12.4. The Bertz CT molecular complexity index is 423. The first-order valence-electron chi connectivity index (χ1n) is 6.98. The lowest BCUT2D eigenvalue weighted by atomic mass is 9.91. The van der Waals surface area contributed by atoms with Gasteiger partial charge in [-0.25, -0.2) is 0 Å². The van der Waals surface area contributed by atoms with E-state index in [4.69, 9.17) is 18.9 Å². The van der Waals surface area contributed by atoms with Crippen molar-refractivity contribution in [2.45, 2.75) is 57.1 Å². The van der Waals surface area contributed by atoms with E-state index in [1.54, 1.807) is 19.9 Å². The fourth-order valence-electron chi connectivity index (χ4n) is 2.88. The standard InChI is InChI=1S/C14H20O6/c1-14(2)19-9-6-8(7-15)11(16)13(12(9)20-14)18-10-4-3-5-17-10/h6,9-10,12-13,15H,3-5,7H2,1-2H3/t9-,10?,12-,13+/m0/s1. The number of aliphatic hydroxyl groups is 1. The van der Waals surface area contributed by atoms with Crippen LogP contribution in [0.1, 0.15) is 26.7 Å². The summed E-state index contributed by atoms with van der Waals surface area (Å²) in [5.74, 6) is -1.01. The van der Waals surface area contributed by atoms with Crippen LogP contribution in [0.5, 0.6) is 0 Å². The molecule has 0 bridgehead atoms. The first-order chi connectivity index (χ1) is 9.50. The number of hydrogen-bond donors (Lipinski definition) is 1. The van der Waals surface area contributed by atoms with Gasteiger partial charge in [-0.15, -0.1) is 0 Å². The molecule has 0 aromatic rings. The quantitative estimate of drug-likeness (QED) is 0.815. The molecule has 0 radical (unpaired) electrons. The third-order valence-electron chi connectivity index (χ3n) is 3.76. The second-order valence-corrected chi connectivity index (χ2v) is 5.78. The summed E-state index contributed by atoms with van der Waals surface area (Å²) < 4.78 is 22.7. The minimum atomic E-state index is -0.781. The monoisotopic (exact) mass is 284 g/mol. The van der Waals surface area contributed by atoms with E-state index in [-0.39, 0.29) is 24.8 Å². The highest BCUT2D eigenvalue weighted by molar-refractivity contribution is 6.00. The van der Waals surface area contributed by atoms with Gasteiger partial charge in [-0.05, 0) is 26.3 Å². The summed E-state index contributed by atoms with van der Waals surface area (Å²) in [6.07, 6.45) is 1.30. The van der Waals surface area contributed by atoms with Crippen LogP contribution >= 0.6 is 0 Å². The van der Waals surface area contributed by atoms with Crippen molar-refractivity contribution in [3.63, 3.8) is 0 Å². The van der Waals surface area contributed by atoms with E-state index < -0.39 is 18.0 Å². The van der Waals surface area contributed by atoms with Crippen molar-refractivity contribution in [3.05, 3.63) is 11.6 Å². The summed E-state index contributed by atoms with van der Waals surface area (Å²) in [6.45, 7) is 3.92. The average Bonchev–Trinajstić information content (AvgIpc) is 2.98. The molecule has 0 amide bonds. The molecule has 2 heterocycles. The number of aliphatic hydroxyl groups excluding tert-OH is 1. The van der Waals surface area contributed by atoms with Gasteiger partial charge in [0.25, 0.3) is 0 Å². The maximum atomic E-state index is 12.4.